The maximum atomic E-state index is 12.4. The number of aromatic nitrogens is 5. The molecule has 29 heavy (non-hydrogen) atoms. The van der Waals surface area contributed by atoms with Crippen LogP contribution in [0.3, 0.4) is 0 Å². The van der Waals surface area contributed by atoms with Gasteiger partial charge in [-0.2, -0.15) is 14.7 Å². The van der Waals surface area contributed by atoms with Crippen molar-refractivity contribution in [2.75, 3.05) is 20.2 Å². The molecular weight excluding hydrogens is 372 g/mol. The number of hydrogen-bond acceptors (Lipinski definition) is 6. The quantitative estimate of drug-likeness (QED) is 0.674. The van der Waals surface area contributed by atoms with Gasteiger partial charge in [0.15, 0.2) is 5.65 Å². The van der Waals surface area contributed by atoms with E-state index in [2.05, 4.69) is 10.2 Å². The van der Waals surface area contributed by atoms with E-state index >= 15 is 0 Å². The van der Waals surface area contributed by atoms with Gasteiger partial charge in [-0.1, -0.05) is 0 Å². The molecule has 4 heterocycles. The first-order chi connectivity index (χ1) is 13.7. The Kier molecular flexibility index (Phi) is 4.68. The van der Waals surface area contributed by atoms with Gasteiger partial charge in [-0.25, -0.2) is 9.78 Å². The third-order valence-electron chi connectivity index (χ3n) is 4.94. The van der Waals surface area contributed by atoms with E-state index in [1.807, 2.05) is 40.1 Å². The van der Waals surface area contributed by atoms with E-state index in [-0.39, 0.29) is 12.0 Å². The van der Waals surface area contributed by atoms with Crippen LogP contribution in [0.5, 0.6) is 5.88 Å². The van der Waals surface area contributed by atoms with Crippen molar-refractivity contribution >= 4 is 11.7 Å². The first-order valence-corrected chi connectivity index (χ1v) is 9.65. The molecule has 1 atom stereocenters. The van der Waals surface area contributed by atoms with Crippen molar-refractivity contribution in [1.29, 1.82) is 0 Å². The lowest BCUT2D eigenvalue weighted by molar-refractivity contribution is 0.0292. The molecule has 0 aliphatic carbocycles. The van der Waals surface area contributed by atoms with E-state index in [0.29, 0.717) is 24.6 Å². The molecule has 9 heteroatoms. The summed E-state index contributed by atoms with van der Waals surface area (Å²) < 4.78 is 14.5. The van der Waals surface area contributed by atoms with E-state index in [1.54, 1.807) is 33.6 Å². The van der Waals surface area contributed by atoms with Crippen LogP contribution in [0, 0.1) is 0 Å². The molecule has 0 radical (unpaired) electrons. The van der Waals surface area contributed by atoms with Gasteiger partial charge in [0.2, 0.25) is 5.88 Å². The molecular formula is C20H26N6O3. The third-order valence-corrected chi connectivity index (χ3v) is 4.94. The zero-order valence-corrected chi connectivity index (χ0v) is 17.4. The van der Waals surface area contributed by atoms with Crippen molar-refractivity contribution < 1.29 is 14.3 Å². The van der Waals surface area contributed by atoms with Crippen molar-refractivity contribution in [2.24, 2.45) is 7.05 Å². The standard InChI is InChI=1S/C20H26N6O3/c1-20(2,3)29-19(27)25-7-6-13(12-25)16-8-17(28-5)26-18(23-16)15(10-22-26)14-9-21-24(4)11-14/h8-11,13H,6-7,12H2,1-5H3. The topological polar surface area (TPSA) is 86.8 Å². The third kappa shape index (κ3) is 3.76. The number of nitrogens with zero attached hydrogens (tertiary/aromatic N) is 6. The number of fused-ring (bicyclic) bond motifs is 1. The molecule has 0 aromatic carbocycles. The van der Waals surface area contributed by atoms with Crippen molar-refractivity contribution in [3.8, 4) is 17.0 Å². The summed E-state index contributed by atoms with van der Waals surface area (Å²) in [6.07, 6.45) is 6.03. The summed E-state index contributed by atoms with van der Waals surface area (Å²) in [6, 6.07) is 1.90. The number of likely N-dealkylation sites (tertiary alicyclic amines) is 1. The van der Waals surface area contributed by atoms with Crippen LogP contribution in [0.15, 0.2) is 24.7 Å². The van der Waals surface area contributed by atoms with Crippen LogP contribution in [0.4, 0.5) is 4.79 Å². The number of hydrogen-bond donors (Lipinski definition) is 0. The van der Waals surface area contributed by atoms with Crippen molar-refractivity contribution in [3.63, 3.8) is 0 Å². The molecule has 1 fully saturated rings. The second-order valence-corrected chi connectivity index (χ2v) is 8.33. The SMILES string of the molecule is COc1cc(C2CCN(C(=O)OC(C)(C)C)C2)nc2c(-c3cnn(C)c3)cnn12. The zero-order chi connectivity index (χ0) is 20.8. The van der Waals surface area contributed by atoms with Gasteiger partial charge in [0, 0.05) is 49.4 Å². The lowest BCUT2D eigenvalue weighted by Gasteiger charge is -2.24. The predicted octanol–water partition coefficient (Wildman–Crippen LogP) is 2.86. The Morgan fingerprint density at radius 3 is 2.69 bits per heavy atom. The molecule has 9 nitrogen and oxygen atoms in total. The Morgan fingerprint density at radius 2 is 2.03 bits per heavy atom. The largest absolute Gasteiger partial charge is 0.481 e. The monoisotopic (exact) mass is 398 g/mol. The minimum absolute atomic E-state index is 0.109. The Balaban J connectivity index is 1.65. The molecule has 0 saturated carbocycles. The van der Waals surface area contributed by atoms with Gasteiger partial charge in [0.25, 0.3) is 0 Å². The Hall–Kier alpha value is -3.10. The van der Waals surface area contributed by atoms with Crippen molar-refractivity contribution in [1.82, 2.24) is 29.3 Å². The number of carbonyl (C=O) groups is 1. The number of rotatable bonds is 3. The molecule has 1 unspecified atom stereocenters. The highest BCUT2D eigenvalue weighted by molar-refractivity contribution is 5.76. The highest BCUT2D eigenvalue weighted by Gasteiger charge is 2.32. The van der Waals surface area contributed by atoms with Gasteiger partial charge in [-0.05, 0) is 27.2 Å². The summed E-state index contributed by atoms with van der Waals surface area (Å²) >= 11 is 0. The minimum atomic E-state index is -0.508. The summed E-state index contributed by atoms with van der Waals surface area (Å²) in [4.78, 5) is 19.0. The number of aryl methyl sites for hydroxylation is 1. The fourth-order valence-corrected chi connectivity index (χ4v) is 3.57. The van der Waals surface area contributed by atoms with E-state index in [1.165, 1.54) is 0 Å². The molecule has 1 saturated heterocycles. The molecule has 3 aromatic rings. The lowest BCUT2D eigenvalue weighted by atomic mass is 10.0. The molecule has 1 aliphatic heterocycles. The maximum Gasteiger partial charge on any atom is 0.410 e. The van der Waals surface area contributed by atoms with Crippen LogP contribution in [0.25, 0.3) is 16.8 Å². The smallest absolute Gasteiger partial charge is 0.410 e. The molecule has 1 amide bonds. The van der Waals surface area contributed by atoms with Gasteiger partial charge >= 0.3 is 6.09 Å². The van der Waals surface area contributed by atoms with Crippen LogP contribution >= 0.6 is 0 Å². The van der Waals surface area contributed by atoms with E-state index in [4.69, 9.17) is 14.5 Å². The van der Waals surface area contributed by atoms with Crippen LogP contribution in [-0.4, -0.2) is 61.2 Å². The van der Waals surface area contributed by atoms with Gasteiger partial charge in [0.1, 0.15) is 5.60 Å². The fraction of sp³-hybridized carbons (Fsp3) is 0.500. The Morgan fingerprint density at radius 1 is 1.24 bits per heavy atom. The average molecular weight is 398 g/mol. The molecule has 0 spiro atoms. The van der Waals surface area contributed by atoms with Crippen LogP contribution in [-0.2, 0) is 11.8 Å². The molecule has 1 aliphatic rings. The lowest BCUT2D eigenvalue weighted by Crippen LogP contribution is -2.35. The number of amides is 1. The Labute approximate surface area is 169 Å². The highest BCUT2D eigenvalue weighted by Crippen LogP contribution is 2.32. The van der Waals surface area contributed by atoms with Gasteiger partial charge in [-0.15, -0.1) is 0 Å². The summed E-state index contributed by atoms with van der Waals surface area (Å²) in [7, 11) is 3.49. The highest BCUT2D eigenvalue weighted by atomic mass is 16.6. The second kappa shape index (κ2) is 7.06. The molecule has 3 aromatic heterocycles. The number of ether oxygens (including phenoxy) is 2. The average Bonchev–Trinajstić information content (AvgIpc) is 3.38. The second-order valence-electron chi connectivity index (χ2n) is 8.33. The van der Waals surface area contributed by atoms with E-state index < -0.39 is 5.60 Å². The van der Waals surface area contributed by atoms with E-state index in [9.17, 15) is 4.79 Å². The van der Waals surface area contributed by atoms with Crippen LogP contribution < -0.4 is 4.74 Å². The van der Waals surface area contributed by atoms with Gasteiger partial charge in [-0.3, -0.25) is 4.68 Å². The van der Waals surface area contributed by atoms with E-state index in [0.717, 1.165) is 23.2 Å². The minimum Gasteiger partial charge on any atom is -0.481 e. The molecule has 0 bridgehead atoms. The fourth-order valence-electron chi connectivity index (χ4n) is 3.57. The first-order valence-electron chi connectivity index (χ1n) is 9.65. The summed E-state index contributed by atoms with van der Waals surface area (Å²) in [5.74, 6) is 0.717. The van der Waals surface area contributed by atoms with Crippen LogP contribution in [0.1, 0.15) is 38.8 Å². The Bertz CT molecular complexity index is 1050. The van der Waals surface area contributed by atoms with Gasteiger partial charge < -0.3 is 14.4 Å². The summed E-state index contributed by atoms with van der Waals surface area (Å²) in [5, 5.41) is 8.68. The molecule has 4 rings (SSSR count). The normalized spacial score (nSPS) is 17.1. The van der Waals surface area contributed by atoms with Gasteiger partial charge in [0.05, 0.1) is 25.2 Å². The molecule has 0 N–H and O–H groups in total. The van der Waals surface area contributed by atoms with Crippen molar-refractivity contribution in [2.45, 2.75) is 38.7 Å². The number of methoxy groups -OCH3 is 1. The first kappa shape index (κ1) is 19.2. The predicted molar refractivity (Wildman–Crippen MR) is 107 cm³/mol. The summed E-state index contributed by atoms with van der Waals surface area (Å²) in [5.41, 5.74) is 2.91. The maximum absolute atomic E-state index is 12.4. The van der Waals surface area contributed by atoms with Crippen molar-refractivity contribution in [3.05, 3.63) is 30.4 Å². The summed E-state index contributed by atoms with van der Waals surface area (Å²) in [6.45, 7) is 6.83. The zero-order valence-electron chi connectivity index (χ0n) is 17.4. The van der Waals surface area contributed by atoms with Crippen LogP contribution in [0.2, 0.25) is 0 Å². The molecule has 154 valence electrons. The number of carbonyl (C=O) groups excluding carboxylic acids is 1.